The van der Waals surface area contributed by atoms with Gasteiger partial charge >= 0.3 is 0 Å². The van der Waals surface area contributed by atoms with Gasteiger partial charge in [0.2, 0.25) is 5.95 Å². The minimum absolute atomic E-state index is 0.184. The van der Waals surface area contributed by atoms with Crippen LogP contribution in [-0.2, 0) is 4.74 Å². The van der Waals surface area contributed by atoms with E-state index in [9.17, 15) is 4.39 Å². The van der Waals surface area contributed by atoms with Gasteiger partial charge in [0.15, 0.2) is 5.82 Å². The lowest BCUT2D eigenvalue weighted by atomic mass is 10.2. The van der Waals surface area contributed by atoms with Crippen LogP contribution < -0.4 is 15.1 Å². The predicted octanol–water partition coefficient (Wildman–Crippen LogP) is 1.79. The highest BCUT2D eigenvalue weighted by atomic mass is 19.1. The monoisotopic (exact) mass is 346 g/mol. The molecule has 1 aliphatic heterocycles. The van der Waals surface area contributed by atoms with E-state index in [0.717, 1.165) is 39.1 Å². The Hall–Kier alpha value is -2.48. The lowest BCUT2D eigenvalue weighted by Gasteiger charge is -2.36. The van der Waals surface area contributed by atoms with Gasteiger partial charge in [0.1, 0.15) is 5.82 Å². The van der Waals surface area contributed by atoms with Gasteiger partial charge in [0, 0.05) is 46.4 Å². The van der Waals surface area contributed by atoms with Crippen molar-refractivity contribution in [2.75, 3.05) is 61.6 Å². The van der Waals surface area contributed by atoms with Crippen LogP contribution in [0.3, 0.4) is 0 Å². The zero-order chi connectivity index (χ0) is 17.5. The number of halogens is 1. The summed E-state index contributed by atoms with van der Waals surface area (Å²) >= 11 is 0. The first-order valence-corrected chi connectivity index (χ1v) is 8.45. The maximum Gasteiger partial charge on any atom is 0.247 e. The predicted molar refractivity (Wildman–Crippen MR) is 95.6 cm³/mol. The van der Waals surface area contributed by atoms with E-state index in [1.165, 1.54) is 6.07 Å². The Morgan fingerprint density at radius 3 is 2.68 bits per heavy atom. The molecule has 1 saturated heterocycles. The highest BCUT2D eigenvalue weighted by Gasteiger charge is 2.21. The van der Waals surface area contributed by atoms with Crippen molar-refractivity contribution in [1.82, 2.24) is 15.2 Å². The second-order valence-electron chi connectivity index (χ2n) is 5.84. The highest BCUT2D eigenvalue weighted by Crippen LogP contribution is 2.21. The van der Waals surface area contributed by atoms with Crippen molar-refractivity contribution in [3.63, 3.8) is 0 Å². The third-order valence-corrected chi connectivity index (χ3v) is 4.13. The van der Waals surface area contributed by atoms with E-state index < -0.39 is 0 Å². The summed E-state index contributed by atoms with van der Waals surface area (Å²) < 4.78 is 18.9. The van der Waals surface area contributed by atoms with Crippen LogP contribution in [0.25, 0.3) is 0 Å². The van der Waals surface area contributed by atoms with Gasteiger partial charge < -0.3 is 19.9 Å². The van der Waals surface area contributed by atoms with E-state index in [1.807, 2.05) is 17.0 Å². The van der Waals surface area contributed by atoms with Crippen molar-refractivity contribution in [2.45, 2.75) is 6.42 Å². The molecule has 2 heterocycles. The molecule has 0 radical (unpaired) electrons. The first kappa shape index (κ1) is 17.3. The number of hydrogen-bond donors (Lipinski definition) is 1. The summed E-state index contributed by atoms with van der Waals surface area (Å²) in [5.74, 6) is 1.12. The summed E-state index contributed by atoms with van der Waals surface area (Å²) in [4.78, 5) is 8.64. The third kappa shape index (κ3) is 4.54. The van der Waals surface area contributed by atoms with Crippen molar-refractivity contribution in [3.05, 3.63) is 36.3 Å². The van der Waals surface area contributed by atoms with E-state index in [1.54, 1.807) is 19.4 Å². The second kappa shape index (κ2) is 8.57. The van der Waals surface area contributed by atoms with Crippen LogP contribution >= 0.6 is 0 Å². The molecule has 3 rings (SSSR count). The maximum atomic E-state index is 13.9. The van der Waals surface area contributed by atoms with Crippen molar-refractivity contribution in [2.24, 2.45) is 0 Å². The lowest BCUT2D eigenvalue weighted by Crippen LogP contribution is -2.47. The first-order chi connectivity index (χ1) is 12.3. The molecule has 25 heavy (non-hydrogen) atoms. The van der Waals surface area contributed by atoms with E-state index in [4.69, 9.17) is 4.74 Å². The number of aromatic nitrogens is 3. The fourth-order valence-corrected chi connectivity index (χ4v) is 2.80. The SMILES string of the molecule is COCCCNc1cnnc(N2CCN(c3ccccc3F)CC2)n1. The summed E-state index contributed by atoms with van der Waals surface area (Å²) in [6.45, 7) is 4.36. The molecule has 0 spiro atoms. The smallest absolute Gasteiger partial charge is 0.247 e. The van der Waals surface area contributed by atoms with Gasteiger partial charge in [-0.3, -0.25) is 0 Å². The van der Waals surface area contributed by atoms with Gasteiger partial charge in [-0.2, -0.15) is 10.1 Å². The minimum atomic E-state index is -0.184. The second-order valence-corrected chi connectivity index (χ2v) is 5.84. The van der Waals surface area contributed by atoms with Crippen LogP contribution in [-0.4, -0.2) is 61.6 Å². The molecule has 1 aliphatic rings. The molecule has 0 amide bonds. The van der Waals surface area contributed by atoms with Gasteiger partial charge in [0.05, 0.1) is 11.9 Å². The Morgan fingerprint density at radius 2 is 1.92 bits per heavy atom. The number of nitrogens with one attached hydrogen (secondary N) is 1. The van der Waals surface area contributed by atoms with Crippen LogP contribution in [0.1, 0.15) is 6.42 Å². The van der Waals surface area contributed by atoms with E-state index in [0.29, 0.717) is 24.1 Å². The number of nitrogens with zero attached hydrogens (tertiary/aromatic N) is 5. The zero-order valence-corrected chi connectivity index (χ0v) is 14.4. The van der Waals surface area contributed by atoms with Crippen molar-refractivity contribution < 1.29 is 9.13 Å². The fraction of sp³-hybridized carbons (Fsp3) is 0.471. The average Bonchev–Trinajstić information content (AvgIpc) is 2.66. The Balaban J connectivity index is 1.56. The van der Waals surface area contributed by atoms with Gasteiger partial charge in [-0.05, 0) is 18.6 Å². The summed E-state index contributed by atoms with van der Waals surface area (Å²) in [7, 11) is 1.69. The van der Waals surface area contributed by atoms with E-state index in [2.05, 4.69) is 25.4 Å². The maximum absolute atomic E-state index is 13.9. The van der Waals surface area contributed by atoms with Gasteiger partial charge in [-0.1, -0.05) is 12.1 Å². The Labute approximate surface area is 146 Å². The molecule has 7 nitrogen and oxygen atoms in total. The van der Waals surface area contributed by atoms with Crippen LogP contribution in [0.2, 0.25) is 0 Å². The largest absolute Gasteiger partial charge is 0.385 e. The van der Waals surface area contributed by atoms with Crippen molar-refractivity contribution >= 4 is 17.5 Å². The number of anilines is 3. The number of hydrogen-bond acceptors (Lipinski definition) is 7. The number of rotatable bonds is 7. The molecule has 1 aromatic heterocycles. The van der Waals surface area contributed by atoms with Crippen LogP contribution in [0.4, 0.5) is 21.8 Å². The summed E-state index contributed by atoms with van der Waals surface area (Å²) in [5, 5.41) is 11.4. The average molecular weight is 346 g/mol. The Kier molecular flexibility index (Phi) is 5.95. The molecule has 0 unspecified atom stereocenters. The van der Waals surface area contributed by atoms with Crippen LogP contribution in [0, 0.1) is 5.82 Å². The van der Waals surface area contributed by atoms with Crippen LogP contribution in [0.15, 0.2) is 30.5 Å². The highest BCUT2D eigenvalue weighted by molar-refractivity contribution is 5.50. The summed E-state index contributed by atoms with van der Waals surface area (Å²) in [6.07, 6.45) is 2.52. The molecule has 8 heteroatoms. The summed E-state index contributed by atoms with van der Waals surface area (Å²) in [5.41, 5.74) is 0.648. The molecule has 0 bridgehead atoms. The van der Waals surface area contributed by atoms with E-state index >= 15 is 0 Å². The molecule has 1 aromatic carbocycles. The van der Waals surface area contributed by atoms with Crippen molar-refractivity contribution in [1.29, 1.82) is 0 Å². The van der Waals surface area contributed by atoms with E-state index in [-0.39, 0.29) is 5.82 Å². The zero-order valence-electron chi connectivity index (χ0n) is 14.4. The fourth-order valence-electron chi connectivity index (χ4n) is 2.80. The number of ether oxygens (including phenoxy) is 1. The minimum Gasteiger partial charge on any atom is -0.385 e. The van der Waals surface area contributed by atoms with Crippen LogP contribution in [0.5, 0.6) is 0 Å². The molecular formula is C17H23FN6O. The van der Waals surface area contributed by atoms with Crippen molar-refractivity contribution in [3.8, 4) is 0 Å². The lowest BCUT2D eigenvalue weighted by molar-refractivity contribution is 0.197. The standard InChI is InChI=1S/C17H23FN6O/c1-25-12-4-7-19-16-13-20-22-17(21-16)24-10-8-23(9-11-24)15-6-3-2-5-14(15)18/h2-3,5-6,13H,4,7-12H2,1H3,(H,19,21,22). The number of piperazine rings is 1. The third-order valence-electron chi connectivity index (χ3n) is 4.13. The first-order valence-electron chi connectivity index (χ1n) is 8.45. The van der Waals surface area contributed by atoms with Gasteiger partial charge in [-0.25, -0.2) is 4.39 Å². The van der Waals surface area contributed by atoms with Gasteiger partial charge in [0.25, 0.3) is 0 Å². The Morgan fingerprint density at radius 1 is 1.16 bits per heavy atom. The topological polar surface area (TPSA) is 66.4 Å². The normalized spacial score (nSPS) is 14.6. The Bertz CT molecular complexity index is 678. The molecule has 134 valence electrons. The number of benzene rings is 1. The molecule has 2 aromatic rings. The molecule has 0 saturated carbocycles. The molecule has 1 fully saturated rings. The molecule has 0 atom stereocenters. The number of para-hydroxylation sites is 1. The number of methoxy groups -OCH3 is 1. The summed E-state index contributed by atoms with van der Waals surface area (Å²) in [6, 6.07) is 6.87. The molecule has 0 aliphatic carbocycles. The quantitative estimate of drug-likeness (QED) is 0.767. The molecule has 1 N–H and O–H groups in total. The molecular weight excluding hydrogens is 323 g/mol. The van der Waals surface area contributed by atoms with Gasteiger partial charge in [-0.15, -0.1) is 5.10 Å².